The molecule has 1 aromatic rings. The maximum Gasteiger partial charge on any atom is 0.123 e. The molecule has 0 saturated heterocycles. The summed E-state index contributed by atoms with van der Waals surface area (Å²) in [6.07, 6.45) is 4.13. The van der Waals surface area contributed by atoms with Crippen LogP contribution in [-0.4, -0.2) is 11.7 Å². The normalized spacial score (nSPS) is 30.3. The van der Waals surface area contributed by atoms with Crippen LogP contribution in [0.5, 0.6) is 0 Å². The van der Waals surface area contributed by atoms with Crippen molar-refractivity contribution in [1.29, 1.82) is 0 Å². The third-order valence-corrected chi connectivity index (χ3v) is 5.12. The van der Waals surface area contributed by atoms with Crippen molar-refractivity contribution in [3.63, 3.8) is 0 Å². The third-order valence-electron chi connectivity index (χ3n) is 5.12. The van der Waals surface area contributed by atoms with Gasteiger partial charge in [0.25, 0.3) is 0 Å². The minimum Gasteiger partial charge on any atom is -0.385 e. The SMILES string of the molecule is CCC1CCC(CN)(C(C)(O)c2ccc(F)cc2)C1. The molecule has 0 heterocycles. The van der Waals surface area contributed by atoms with Crippen molar-refractivity contribution in [3.05, 3.63) is 35.6 Å². The van der Waals surface area contributed by atoms with Crippen LogP contribution in [0.3, 0.4) is 0 Å². The lowest BCUT2D eigenvalue weighted by atomic mass is 9.67. The number of benzene rings is 1. The minimum absolute atomic E-state index is 0.279. The monoisotopic (exact) mass is 265 g/mol. The average molecular weight is 265 g/mol. The van der Waals surface area contributed by atoms with Gasteiger partial charge in [-0.2, -0.15) is 0 Å². The maximum absolute atomic E-state index is 13.0. The Morgan fingerprint density at radius 2 is 2.05 bits per heavy atom. The van der Waals surface area contributed by atoms with Crippen molar-refractivity contribution in [1.82, 2.24) is 0 Å². The number of aliphatic hydroxyl groups is 1. The van der Waals surface area contributed by atoms with E-state index in [4.69, 9.17) is 5.73 Å². The van der Waals surface area contributed by atoms with Crippen LogP contribution in [0.1, 0.15) is 45.1 Å². The van der Waals surface area contributed by atoms with E-state index in [1.165, 1.54) is 12.1 Å². The van der Waals surface area contributed by atoms with Gasteiger partial charge in [0, 0.05) is 12.0 Å². The summed E-state index contributed by atoms with van der Waals surface area (Å²) in [5.41, 5.74) is 5.48. The highest BCUT2D eigenvalue weighted by Gasteiger charge is 2.51. The Balaban J connectivity index is 2.33. The van der Waals surface area contributed by atoms with Gasteiger partial charge in [0.1, 0.15) is 5.82 Å². The number of hydrogen-bond acceptors (Lipinski definition) is 2. The Hall–Kier alpha value is -0.930. The fourth-order valence-electron chi connectivity index (χ4n) is 3.49. The fourth-order valence-corrected chi connectivity index (χ4v) is 3.49. The van der Waals surface area contributed by atoms with Crippen molar-refractivity contribution in [2.45, 2.75) is 45.1 Å². The summed E-state index contributed by atoms with van der Waals surface area (Å²) in [7, 11) is 0. The highest BCUT2D eigenvalue weighted by atomic mass is 19.1. The van der Waals surface area contributed by atoms with Crippen LogP contribution < -0.4 is 5.73 Å². The van der Waals surface area contributed by atoms with Crippen molar-refractivity contribution >= 4 is 0 Å². The standard InChI is InChI=1S/C16H24FNO/c1-3-12-8-9-16(10-12,11-18)15(2,19)13-4-6-14(17)7-5-13/h4-7,12,19H,3,8-11,18H2,1-2H3. The quantitative estimate of drug-likeness (QED) is 0.878. The van der Waals surface area contributed by atoms with Gasteiger partial charge in [-0.05, 0) is 49.8 Å². The van der Waals surface area contributed by atoms with Crippen LogP contribution in [0.4, 0.5) is 4.39 Å². The first-order valence-corrected chi connectivity index (χ1v) is 7.13. The summed E-state index contributed by atoms with van der Waals surface area (Å²) in [6.45, 7) is 4.48. The zero-order valence-corrected chi connectivity index (χ0v) is 11.8. The number of rotatable bonds is 4. The van der Waals surface area contributed by atoms with Crippen LogP contribution in [0, 0.1) is 17.2 Å². The van der Waals surface area contributed by atoms with E-state index in [9.17, 15) is 9.50 Å². The van der Waals surface area contributed by atoms with E-state index in [1.807, 2.05) is 6.92 Å². The molecule has 2 nitrogen and oxygen atoms in total. The molecule has 0 amide bonds. The molecular formula is C16H24FNO. The highest BCUT2D eigenvalue weighted by Crippen LogP contribution is 2.53. The van der Waals surface area contributed by atoms with Crippen molar-refractivity contribution in [2.24, 2.45) is 17.1 Å². The zero-order valence-electron chi connectivity index (χ0n) is 11.8. The zero-order chi connectivity index (χ0) is 14.1. The molecule has 1 aromatic carbocycles. The van der Waals surface area contributed by atoms with Crippen molar-refractivity contribution in [3.8, 4) is 0 Å². The Morgan fingerprint density at radius 1 is 1.42 bits per heavy atom. The first-order chi connectivity index (χ1) is 8.95. The molecule has 1 aliphatic carbocycles. The second-order valence-corrected chi connectivity index (χ2v) is 6.08. The van der Waals surface area contributed by atoms with Crippen LogP contribution >= 0.6 is 0 Å². The topological polar surface area (TPSA) is 46.2 Å². The van der Waals surface area contributed by atoms with Gasteiger partial charge in [-0.25, -0.2) is 4.39 Å². The number of hydrogen-bond donors (Lipinski definition) is 2. The lowest BCUT2D eigenvalue weighted by Crippen LogP contribution is -2.47. The summed E-state index contributed by atoms with van der Waals surface area (Å²) in [5, 5.41) is 11.0. The van der Waals surface area contributed by atoms with E-state index >= 15 is 0 Å². The largest absolute Gasteiger partial charge is 0.385 e. The summed E-state index contributed by atoms with van der Waals surface area (Å²) in [6, 6.07) is 6.15. The summed E-state index contributed by atoms with van der Waals surface area (Å²) in [5.74, 6) is 0.356. The predicted octanol–water partition coefficient (Wildman–Crippen LogP) is 3.19. The Morgan fingerprint density at radius 3 is 2.53 bits per heavy atom. The molecule has 0 aromatic heterocycles. The first-order valence-electron chi connectivity index (χ1n) is 7.13. The van der Waals surface area contributed by atoms with Gasteiger partial charge in [0.15, 0.2) is 0 Å². The molecule has 1 aliphatic rings. The lowest BCUT2D eigenvalue weighted by Gasteiger charge is -2.43. The smallest absolute Gasteiger partial charge is 0.123 e. The average Bonchev–Trinajstić information content (AvgIpc) is 2.84. The Labute approximate surface area is 114 Å². The molecule has 0 bridgehead atoms. The molecule has 3 atom stereocenters. The molecule has 0 radical (unpaired) electrons. The van der Waals surface area contributed by atoms with Crippen LogP contribution in [0.15, 0.2) is 24.3 Å². The van der Waals surface area contributed by atoms with Gasteiger partial charge in [0.05, 0.1) is 5.60 Å². The predicted molar refractivity (Wildman–Crippen MR) is 75.1 cm³/mol. The molecule has 0 aliphatic heterocycles. The van der Waals surface area contributed by atoms with Crippen LogP contribution in [0.25, 0.3) is 0 Å². The molecule has 1 saturated carbocycles. The van der Waals surface area contributed by atoms with Gasteiger partial charge in [-0.1, -0.05) is 25.5 Å². The van der Waals surface area contributed by atoms with E-state index < -0.39 is 5.60 Å². The number of halogens is 1. The molecule has 19 heavy (non-hydrogen) atoms. The Bertz CT molecular complexity index is 429. The van der Waals surface area contributed by atoms with E-state index in [0.717, 1.165) is 31.2 Å². The van der Waals surface area contributed by atoms with Gasteiger partial charge in [0.2, 0.25) is 0 Å². The minimum atomic E-state index is -1.00. The van der Waals surface area contributed by atoms with Gasteiger partial charge in [-0.3, -0.25) is 0 Å². The Kier molecular flexibility index (Phi) is 3.98. The second-order valence-electron chi connectivity index (χ2n) is 6.08. The highest BCUT2D eigenvalue weighted by molar-refractivity contribution is 5.26. The van der Waals surface area contributed by atoms with Crippen LogP contribution in [0.2, 0.25) is 0 Å². The van der Waals surface area contributed by atoms with E-state index in [0.29, 0.717) is 12.5 Å². The van der Waals surface area contributed by atoms with Gasteiger partial charge < -0.3 is 10.8 Å². The van der Waals surface area contributed by atoms with Crippen LogP contribution in [-0.2, 0) is 5.60 Å². The van der Waals surface area contributed by atoms with Gasteiger partial charge in [-0.15, -0.1) is 0 Å². The fraction of sp³-hybridized carbons (Fsp3) is 0.625. The number of nitrogens with two attached hydrogens (primary N) is 1. The van der Waals surface area contributed by atoms with Crippen molar-refractivity contribution in [2.75, 3.05) is 6.54 Å². The van der Waals surface area contributed by atoms with E-state index in [2.05, 4.69) is 6.92 Å². The molecule has 3 heteroatoms. The third kappa shape index (κ3) is 2.41. The maximum atomic E-state index is 13.0. The molecule has 0 spiro atoms. The van der Waals surface area contributed by atoms with Gasteiger partial charge >= 0.3 is 0 Å². The molecule has 3 unspecified atom stereocenters. The lowest BCUT2D eigenvalue weighted by molar-refractivity contribution is -0.0715. The summed E-state index contributed by atoms with van der Waals surface area (Å²) in [4.78, 5) is 0. The van der Waals surface area contributed by atoms with E-state index in [1.54, 1.807) is 12.1 Å². The molecule has 106 valence electrons. The molecular weight excluding hydrogens is 241 g/mol. The summed E-state index contributed by atoms with van der Waals surface area (Å²) >= 11 is 0. The van der Waals surface area contributed by atoms with Crippen molar-refractivity contribution < 1.29 is 9.50 Å². The first kappa shape index (κ1) is 14.5. The van der Waals surface area contributed by atoms with E-state index in [-0.39, 0.29) is 11.2 Å². The summed E-state index contributed by atoms with van der Waals surface area (Å²) < 4.78 is 13.0. The molecule has 1 fully saturated rings. The molecule has 3 N–H and O–H groups in total. The second kappa shape index (κ2) is 5.22. The molecule has 2 rings (SSSR count).